The zero-order valence-corrected chi connectivity index (χ0v) is 11.8. The molecule has 1 saturated heterocycles. The van der Waals surface area contributed by atoms with Crippen molar-refractivity contribution in [2.45, 2.75) is 6.54 Å². The Morgan fingerprint density at radius 1 is 1.10 bits per heavy atom. The van der Waals surface area contributed by atoms with Crippen molar-refractivity contribution in [1.82, 2.24) is 15.1 Å². The number of hydrogen-bond donors (Lipinski definition) is 2. The highest BCUT2D eigenvalue weighted by Gasteiger charge is 2.18. The fourth-order valence-corrected chi connectivity index (χ4v) is 2.40. The molecule has 1 amide bonds. The fraction of sp³-hybridized carbons (Fsp3) is 0.533. The van der Waals surface area contributed by atoms with Crippen LogP contribution in [0.1, 0.15) is 5.56 Å². The van der Waals surface area contributed by atoms with Gasteiger partial charge in [-0.3, -0.25) is 14.6 Å². The Morgan fingerprint density at radius 2 is 1.75 bits per heavy atom. The summed E-state index contributed by atoms with van der Waals surface area (Å²) in [7, 11) is 0. The number of hydrogen-bond acceptors (Lipinski definition) is 4. The van der Waals surface area contributed by atoms with E-state index in [0.717, 1.165) is 32.7 Å². The molecule has 1 aromatic rings. The topological polar surface area (TPSA) is 55.8 Å². The molecule has 1 fully saturated rings. The molecule has 0 spiro atoms. The van der Waals surface area contributed by atoms with Gasteiger partial charge in [-0.2, -0.15) is 0 Å². The Bertz CT molecular complexity index is 403. The molecule has 20 heavy (non-hydrogen) atoms. The first kappa shape index (κ1) is 15.0. The molecule has 0 unspecified atom stereocenters. The average Bonchev–Trinajstić information content (AvgIpc) is 2.48. The summed E-state index contributed by atoms with van der Waals surface area (Å²) >= 11 is 0. The van der Waals surface area contributed by atoms with Crippen molar-refractivity contribution < 1.29 is 9.90 Å². The maximum atomic E-state index is 11.6. The van der Waals surface area contributed by atoms with Crippen LogP contribution >= 0.6 is 0 Å². The van der Waals surface area contributed by atoms with Crippen LogP contribution < -0.4 is 5.32 Å². The van der Waals surface area contributed by atoms with Gasteiger partial charge in [0.1, 0.15) is 0 Å². The lowest BCUT2D eigenvalue weighted by molar-refractivity contribution is -0.122. The van der Waals surface area contributed by atoms with Crippen molar-refractivity contribution in [2.75, 3.05) is 45.9 Å². The minimum atomic E-state index is -0.00411. The minimum Gasteiger partial charge on any atom is -0.395 e. The van der Waals surface area contributed by atoms with E-state index in [4.69, 9.17) is 5.11 Å². The molecule has 1 aromatic carbocycles. The number of aliphatic hydroxyl groups excluding tert-OH is 1. The third-order valence-corrected chi connectivity index (χ3v) is 3.52. The van der Waals surface area contributed by atoms with Crippen LogP contribution in [0, 0.1) is 0 Å². The molecule has 0 saturated carbocycles. The standard InChI is InChI=1S/C15H23N3O2/c19-11-6-16-15(20)13-18-9-7-17(8-10-18)12-14-4-2-1-3-5-14/h1-5,19H,6-13H2,(H,16,20). The Balaban J connectivity index is 1.68. The molecule has 5 heteroatoms. The van der Waals surface area contributed by atoms with Crippen LogP contribution in [0.15, 0.2) is 30.3 Å². The summed E-state index contributed by atoms with van der Waals surface area (Å²) in [5.41, 5.74) is 1.33. The monoisotopic (exact) mass is 277 g/mol. The highest BCUT2D eigenvalue weighted by atomic mass is 16.3. The first-order valence-electron chi connectivity index (χ1n) is 7.14. The molecule has 2 rings (SSSR count). The van der Waals surface area contributed by atoms with Gasteiger partial charge in [-0.25, -0.2) is 0 Å². The van der Waals surface area contributed by atoms with Gasteiger partial charge in [0.05, 0.1) is 13.2 Å². The Kier molecular flexibility index (Phi) is 5.98. The van der Waals surface area contributed by atoms with Crippen LogP contribution in [-0.4, -0.2) is 66.7 Å². The van der Waals surface area contributed by atoms with E-state index in [0.29, 0.717) is 13.1 Å². The summed E-state index contributed by atoms with van der Waals surface area (Å²) in [5.74, 6) is -0.00411. The lowest BCUT2D eigenvalue weighted by atomic mass is 10.2. The fourth-order valence-electron chi connectivity index (χ4n) is 2.40. The van der Waals surface area contributed by atoms with Crippen molar-refractivity contribution in [3.8, 4) is 0 Å². The normalized spacial score (nSPS) is 17.1. The number of carbonyl (C=O) groups is 1. The van der Waals surface area contributed by atoms with Gasteiger partial charge in [-0.05, 0) is 5.56 Å². The van der Waals surface area contributed by atoms with Gasteiger partial charge in [0.15, 0.2) is 0 Å². The predicted octanol–water partition coefficient (Wildman–Crippen LogP) is -0.0873. The van der Waals surface area contributed by atoms with Crippen LogP contribution in [0.2, 0.25) is 0 Å². The molecule has 0 aromatic heterocycles. The van der Waals surface area contributed by atoms with Crippen LogP contribution in [0.3, 0.4) is 0 Å². The summed E-state index contributed by atoms with van der Waals surface area (Å²) in [4.78, 5) is 16.1. The number of benzene rings is 1. The molecule has 5 nitrogen and oxygen atoms in total. The second kappa shape index (κ2) is 7.99. The molecule has 1 aliphatic rings. The quantitative estimate of drug-likeness (QED) is 0.763. The van der Waals surface area contributed by atoms with Gasteiger partial charge < -0.3 is 10.4 Å². The van der Waals surface area contributed by atoms with Crippen LogP contribution in [0.25, 0.3) is 0 Å². The van der Waals surface area contributed by atoms with Gasteiger partial charge in [0, 0.05) is 39.3 Å². The Hall–Kier alpha value is -1.43. The molecule has 0 bridgehead atoms. The molecule has 1 heterocycles. The first-order chi connectivity index (χ1) is 9.78. The summed E-state index contributed by atoms with van der Waals surface area (Å²) in [5, 5.41) is 11.3. The second-order valence-electron chi connectivity index (χ2n) is 5.11. The molecule has 110 valence electrons. The number of piperazine rings is 1. The highest BCUT2D eigenvalue weighted by Crippen LogP contribution is 2.07. The SMILES string of the molecule is O=C(CN1CCN(Cc2ccccc2)CC1)NCCO. The maximum absolute atomic E-state index is 11.6. The third kappa shape index (κ3) is 4.92. The van der Waals surface area contributed by atoms with Gasteiger partial charge in [0.2, 0.25) is 5.91 Å². The van der Waals surface area contributed by atoms with Crippen molar-refractivity contribution in [3.05, 3.63) is 35.9 Å². The Morgan fingerprint density at radius 3 is 2.40 bits per heavy atom. The van der Waals surface area contributed by atoms with E-state index in [9.17, 15) is 4.79 Å². The van der Waals surface area contributed by atoms with E-state index >= 15 is 0 Å². The predicted molar refractivity (Wildman–Crippen MR) is 78.3 cm³/mol. The van der Waals surface area contributed by atoms with E-state index in [2.05, 4.69) is 39.4 Å². The van der Waals surface area contributed by atoms with E-state index < -0.39 is 0 Å². The summed E-state index contributed by atoms with van der Waals surface area (Å²) in [6.45, 7) is 5.55. The van der Waals surface area contributed by atoms with Crippen molar-refractivity contribution in [2.24, 2.45) is 0 Å². The zero-order valence-electron chi connectivity index (χ0n) is 11.8. The van der Waals surface area contributed by atoms with Gasteiger partial charge in [-0.1, -0.05) is 30.3 Å². The van der Waals surface area contributed by atoms with E-state index in [1.165, 1.54) is 5.56 Å². The summed E-state index contributed by atoms with van der Waals surface area (Å²) in [6, 6.07) is 10.5. The average molecular weight is 277 g/mol. The minimum absolute atomic E-state index is 0.00338. The van der Waals surface area contributed by atoms with Gasteiger partial charge in [-0.15, -0.1) is 0 Å². The molecule has 2 N–H and O–H groups in total. The smallest absolute Gasteiger partial charge is 0.234 e. The molecular weight excluding hydrogens is 254 g/mol. The van der Waals surface area contributed by atoms with Crippen LogP contribution in [0.4, 0.5) is 0 Å². The summed E-state index contributed by atoms with van der Waals surface area (Å²) < 4.78 is 0. The zero-order chi connectivity index (χ0) is 14.2. The molecule has 0 atom stereocenters. The van der Waals surface area contributed by atoms with E-state index in [-0.39, 0.29) is 12.5 Å². The maximum Gasteiger partial charge on any atom is 0.234 e. The molecule has 0 aliphatic carbocycles. The highest BCUT2D eigenvalue weighted by molar-refractivity contribution is 5.77. The number of nitrogens with zero attached hydrogens (tertiary/aromatic N) is 2. The number of nitrogens with one attached hydrogen (secondary N) is 1. The number of amides is 1. The van der Waals surface area contributed by atoms with Crippen molar-refractivity contribution in [1.29, 1.82) is 0 Å². The molecular formula is C15H23N3O2. The van der Waals surface area contributed by atoms with E-state index in [1.807, 2.05) is 6.07 Å². The largest absolute Gasteiger partial charge is 0.395 e. The van der Waals surface area contributed by atoms with E-state index in [1.54, 1.807) is 0 Å². The molecule has 0 radical (unpaired) electrons. The van der Waals surface area contributed by atoms with Gasteiger partial charge >= 0.3 is 0 Å². The third-order valence-electron chi connectivity index (χ3n) is 3.52. The van der Waals surface area contributed by atoms with Gasteiger partial charge in [0.25, 0.3) is 0 Å². The number of rotatable bonds is 6. The lowest BCUT2D eigenvalue weighted by Crippen LogP contribution is -2.49. The van der Waals surface area contributed by atoms with Crippen LogP contribution in [0.5, 0.6) is 0 Å². The number of aliphatic hydroxyl groups is 1. The van der Waals surface area contributed by atoms with Crippen molar-refractivity contribution in [3.63, 3.8) is 0 Å². The first-order valence-corrected chi connectivity index (χ1v) is 7.14. The van der Waals surface area contributed by atoms with Crippen LogP contribution in [-0.2, 0) is 11.3 Å². The summed E-state index contributed by atoms with van der Waals surface area (Å²) in [6.07, 6.45) is 0. The second-order valence-corrected chi connectivity index (χ2v) is 5.11. The van der Waals surface area contributed by atoms with Crippen molar-refractivity contribution >= 4 is 5.91 Å². The number of carbonyl (C=O) groups excluding carboxylic acids is 1. The Labute approximate surface area is 120 Å². The molecule has 1 aliphatic heterocycles. The lowest BCUT2D eigenvalue weighted by Gasteiger charge is -2.34.